The van der Waals surface area contributed by atoms with E-state index in [1.807, 2.05) is 6.92 Å². The Balaban J connectivity index is 1.55. The first-order valence-corrected chi connectivity index (χ1v) is 12.1. The van der Waals surface area contributed by atoms with Crippen molar-refractivity contribution in [2.45, 2.75) is 45.7 Å². The van der Waals surface area contributed by atoms with E-state index in [1.54, 1.807) is 21.7 Å². The van der Waals surface area contributed by atoms with Crippen LogP contribution in [0.5, 0.6) is 0 Å². The number of aromatic nitrogens is 2. The summed E-state index contributed by atoms with van der Waals surface area (Å²) in [5.74, 6) is 0.488. The van der Waals surface area contributed by atoms with Crippen molar-refractivity contribution in [3.8, 4) is 0 Å². The third kappa shape index (κ3) is 4.96. The zero-order valence-corrected chi connectivity index (χ0v) is 18.2. The first kappa shape index (κ1) is 21.3. The molecule has 1 aromatic heterocycles. The summed E-state index contributed by atoms with van der Waals surface area (Å²) in [6.45, 7) is 7.45. The lowest BCUT2D eigenvalue weighted by Gasteiger charge is -2.37. The number of sulfone groups is 1. The monoisotopic (exact) mass is 428 g/mol. The summed E-state index contributed by atoms with van der Waals surface area (Å²) in [7, 11) is -2.88. The lowest BCUT2D eigenvalue weighted by atomic mass is 10.2. The fourth-order valence-electron chi connectivity index (χ4n) is 3.84. The van der Waals surface area contributed by atoms with Crippen molar-refractivity contribution in [3.63, 3.8) is 0 Å². The van der Waals surface area contributed by atoms with Crippen molar-refractivity contribution in [3.05, 3.63) is 22.5 Å². The van der Waals surface area contributed by atoms with Crippen molar-refractivity contribution < 1.29 is 13.2 Å². The second kappa shape index (κ2) is 8.97. The molecule has 0 aliphatic carbocycles. The van der Waals surface area contributed by atoms with Crippen LogP contribution in [0.15, 0.2) is 6.08 Å². The number of hydrogen-bond acceptors (Lipinski definition) is 5. The van der Waals surface area contributed by atoms with Gasteiger partial charge in [-0.05, 0) is 25.8 Å². The van der Waals surface area contributed by atoms with Gasteiger partial charge >= 0.3 is 0 Å². The third-order valence-corrected chi connectivity index (χ3v) is 7.73. The minimum absolute atomic E-state index is 0.0459. The smallest absolute Gasteiger partial charge is 0.246 e. The van der Waals surface area contributed by atoms with Crippen LogP contribution in [-0.2, 0) is 21.2 Å². The van der Waals surface area contributed by atoms with Gasteiger partial charge in [0.1, 0.15) is 5.15 Å². The van der Waals surface area contributed by atoms with Crippen molar-refractivity contribution in [2.24, 2.45) is 0 Å². The Morgan fingerprint density at radius 1 is 1.29 bits per heavy atom. The molecule has 2 saturated heterocycles. The van der Waals surface area contributed by atoms with Crippen LogP contribution in [0.2, 0.25) is 5.15 Å². The average molecular weight is 429 g/mol. The highest BCUT2D eigenvalue weighted by Gasteiger charge is 2.34. The maximum Gasteiger partial charge on any atom is 0.246 e. The summed E-state index contributed by atoms with van der Waals surface area (Å²) >= 11 is 6.42. The van der Waals surface area contributed by atoms with Crippen LogP contribution in [0.25, 0.3) is 6.08 Å². The fraction of sp³-hybridized carbons (Fsp3) is 0.684. The molecule has 1 aromatic rings. The molecule has 2 aliphatic rings. The summed E-state index contributed by atoms with van der Waals surface area (Å²) in [6.07, 6.45) is 6.10. The van der Waals surface area contributed by atoms with Crippen LogP contribution >= 0.6 is 11.6 Å². The Morgan fingerprint density at radius 2 is 2.00 bits per heavy atom. The fourth-order valence-corrected chi connectivity index (χ4v) is 5.93. The Bertz CT molecular complexity index is 842. The van der Waals surface area contributed by atoms with Crippen LogP contribution < -0.4 is 0 Å². The number of unbranched alkanes of at least 4 members (excludes halogenated alkanes) is 1. The normalized spacial score (nSPS) is 23.0. The van der Waals surface area contributed by atoms with Gasteiger partial charge in [0.2, 0.25) is 5.91 Å². The summed E-state index contributed by atoms with van der Waals surface area (Å²) in [5.41, 5.74) is 1.61. The number of nitrogens with zero attached hydrogens (tertiary/aromatic N) is 4. The zero-order valence-electron chi connectivity index (χ0n) is 16.6. The quantitative estimate of drug-likeness (QED) is 0.647. The molecule has 28 heavy (non-hydrogen) atoms. The molecule has 0 spiro atoms. The van der Waals surface area contributed by atoms with E-state index in [2.05, 4.69) is 16.9 Å². The predicted molar refractivity (Wildman–Crippen MR) is 111 cm³/mol. The van der Waals surface area contributed by atoms with Gasteiger partial charge in [-0.1, -0.05) is 24.9 Å². The van der Waals surface area contributed by atoms with Gasteiger partial charge in [-0.15, -0.1) is 0 Å². The summed E-state index contributed by atoms with van der Waals surface area (Å²) in [5, 5.41) is 5.03. The van der Waals surface area contributed by atoms with E-state index in [0.717, 1.165) is 30.6 Å². The van der Waals surface area contributed by atoms with Crippen molar-refractivity contribution in [2.75, 3.05) is 37.7 Å². The Morgan fingerprint density at radius 3 is 2.61 bits per heavy atom. The number of amides is 1. The summed E-state index contributed by atoms with van der Waals surface area (Å²) < 4.78 is 25.1. The van der Waals surface area contributed by atoms with Crippen LogP contribution in [0.1, 0.15) is 37.4 Å². The highest BCUT2D eigenvalue weighted by Crippen LogP contribution is 2.22. The van der Waals surface area contributed by atoms with Crippen molar-refractivity contribution in [1.29, 1.82) is 0 Å². The maximum atomic E-state index is 12.6. The van der Waals surface area contributed by atoms with E-state index in [-0.39, 0.29) is 23.5 Å². The van der Waals surface area contributed by atoms with Crippen LogP contribution in [0, 0.1) is 6.92 Å². The van der Waals surface area contributed by atoms with E-state index in [9.17, 15) is 13.2 Å². The Hall–Kier alpha value is -1.38. The van der Waals surface area contributed by atoms with Gasteiger partial charge in [0.05, 0.1) is 17.2 Å². The van der Waals surface area contributed by atoms with E-state index < -0.39 is 9.84 Å². The lowest BCUT2D eigenvalue weighted by molar-refractivity contribution is -0.127. The van der Waals surface area contributed by atoms with Crippen LogP contribution in [0.4, 0.5) is 0 Å². The molecule has 156 valence electrons. The zero-order chi connectivity index (χ0) is 20.3. The van der Waals surface area contributed by atoms with Gasteiger partial charge in [-0.3, -0.25) is 14.4 Å². The topological polar surface area (TPSA) is 75.5 Å². The Kier molecular flexibility index (Phi) is 6.83. The van der Waals surface area contributed by atoms with E-state index in [4.69, 9.17) is 11.6 Å². The molecule has 1 atom stereocenters. The minimum atomic E-state index is -2.88. The molecule has 2 fully saturated rings. The lowest BCUT2D eigenvalue weighted by Crippen LogP contribution is -2.52. The second-order valence-electron chi connectivity index (χ2n) is 7.62. The standard InChI is InChI=1S/C19H29ClN4O3S/c1-3-4-8-24-19(20)17(15(2)21-24)5-6-18(25)23-11-9-22(10-12-23)16-7-13-28(26,27)14-16/h5-6,16H,3-4,7-14H2,1-2H3/b6-5+. The molecule has 9 heteroatoms. The highest BCUT2D eigenvalue weighted by molar-refractivity contribution is 7.91. The molecule has 3 rings (SSSR count). The molecule has 0 bridgehead atoms. The first-order valence-electron chi connectivity index (χ1n) is 9.95. The predicted octanol–water partition coefficient (Wildman–Crippen LogP) is 1.99. The Labute approximate surface area is 172 Å². The summed E-state index contributed by atoms with van der Waals surface area (Å²) in [6, 6.07) is 0.105. The second-order valence-corrected chi connectivity index (χ2v) is 10.2. The molecular weight excluding hydrogens is 400 g/mol. The molecule has 0 radical (unpaired) electrons. The average Bonchev–Trinajstić information content (AvgIpc) is 3.17. The molecule has 0 saturated carbocycles. The van der Waals surface area contributed by atoms with Crippen molar-refractivity contribution in [1.82, 2.24) is 19.6 Å². The molecule has 0 aromatic carbocycles. The number of carbonyl (C=O) groups excluding carboxylic acids is 1. The molecule has 2 aliphatic heterocycles. The van der Waals surface area contributed by atoms with Gasteiger partial charge in [-0.2, -0.15) is 5.10 Å². The number of rotatable bonds is 6. The van der Waals surface area contributed by atoms with Gasteiger partial charge in [-0.25, -0.2) is 8.42 Å². The molecule has 7 nitrogen and oxygen atoms in total. The molecule has 0 N–H and O–H groups in total. The van der Waals surface area contributed by atoms with Crippen LogP contribution in [0.3, 0.4) is 0 Å². The molecular formula is C19H29ClN4O3S. The number of piperazine rings is 1. The van der Waals surface area contributed by atoms with Gasteiger partial charge in [0.15, 0.2) is 9.84 Å². The molecule has 1 amide bonds. The number of carbonyl (C=O) groups is 1. The van der Waals surface area contributed by atoms with Gasteiger partial charge < -0.3 is 4.90 Å². The number of aryl methyl sites for hydroxylation is 2. The van der Waals surface area contributed by atoms with Crippen molar-refractivity contribution >= 4 is 33.4 Å². The minimum Gasteiger partial charge on any atom is -0.337 e. The van der Waals surface area contributed by atoms with Gasteiger partial charge in [0, 0.05) is 50.4 Å². The van der Waals surface area contributed by atoms with E-state index in [1.165, 1.54) is 0 Å². The van der Waals surface area contributed by atoms with E-state index in [0.29, 0.717) is 37.8 Å². The largest absolute Gasteiger partial charge is 0.337 e. The maximum absolute atomic E-state index is 12.6. The highest BCUT2D eigenvalue weighted by atomic mass is 35.5. The third-order valence-electron chi connectivity index (χ3n) is 5.58. The van der Waals surface area contributed by atoms with E-state index >= 15 is 0 Å². The summed E-state index contributed by atoms with van der Waals surface area (Å²) in [4.78, 5) is 16.6. The first-order chi connectivity index (χ1) is 13.3. The molecule has 3 heterocycles. The molecule has 1 unspecified atom stereocenters. The van der Waals surface area contributed by atoms with Crippen LogP contribution in [-0.4, -0.2) is 77.6 Å². The number of hydrogen-bond donors (Lipinski definition) is 0. The number of halogens is 1. The van der Waals surface area contributed by atoms with Gasteiger partial charge in [0.25, 0.3) is 0 Å². The SMILES string of the molecule is CCCCn1nc(C)c(/C=C/C(=O)N2CCN(C3CCS(=O)(=O)C3)CC2)c1Cl.